The highest BCUT2D eigenvalue weighted by atomic mass is 16.5. The van der Waals surface area contributed by atoms with Crippen molar-refractivity contribution in [1.29, 1.82) is 0 Å². The second-order valence-electron chi connectivity index (χ2n) is 9.96. The Morgan fingerprint density at radius 3 is 2.33 bits per heavy atom. The van der Waals surface area contributed by atoms with Crippen molar-refractivity contribution in [3.05, 3.63) is 54.2 Å². The highest BCUT2D eigenvalue weighted by Crippen LogP contribution is 2.48. The van der Waals surface area contributed by atoms with E-state index in [0.717, 1.165) is 18.7 Å². The molecule has 1 aliphatic carbocycles. The summed E-state index contributed by atoms with van der Waals surface area (Å²) < 4.78 is 5.70. The first-order chi connectivity index (χ1) is 14.2. The molecule has 0 radical (unpaired) electrons. The fourth-order valence-corrected chi connectivity index (χ4v) is 4.65. The molecule has 160 valence electrons. The van der Waals surface area contributed by atoms with Crippen molar-refractivity contribution in [3.63, 3.8) is 0 Å². The maximum absolute atomic E-state index is 13.4. The fraction of sp³-hybridized carbons (Fsp3) is 0.520. The van der Waals surface area contributed by atoms with E-state index >= 15 is 0 Å². The number of rotatable bonds is 4. The first kappa shape index (κ1) is 20.9. The number of amides is 1. The van der Waals surface area contributed by atoms with Gasteiger partial charge in [-0.25, -0.2) is 4.98 Å². The van der Waals surface area contributed by atoms with Gasteiger partial charge in [0.15, 0.2) is 0 Å². The van der Waals surface area contributed by atoms with Crippen molar-refractivity contribution >= 4 is 11.6 Å². The summed E-state index contributed by atoms with van der Waals surface area (Å²) in [5, 5.41) is 11.0. The van der Waals surface area contributed by atoms with Crippen LogP contribution in [0.15, 0.2) is 48.7 Å². The van der Waals surface area contributed by atoms with Crippen LogP contribution < -0.4 is 9.64 Å². The molecule has 0 atom stereocenters. The van der Waals surface area contributed by atoms with Gasteiger partial charge in [-0.3, -0.25) is 4.79 Å². The Kier molecular flexibility index (Phi) is 5.35. The normalized spacial score (nSPS) is 26.9. The van der Waals surface area contributed by atoms with Gasteiger partial charge in [-0.1, -0.05) is 39.0 Å². The first-order valence-electron chi connectivity index (χ1n) is 10.9. The Labute approximate surface area is 179 Å². The lowest BCUT2D eigenvalue weighted by atomic mass is 9.68. The average molecular weight is 409 g/mol. The summed E-state index contributed by atoms with van der Waals surface area (Å²) >= 11 is 0. The van der Waals surface area contributed by atoms with E-state index in [0.29, 0.717) is 31.6 Å². The Bertz CT molecular complexity index is 879. The Balaban J connectivity index is 1.39. The van der Waals surface area contributed by atoms with Gasteiger partial charge < -0.3 is 14.7 Å². The molecule has 1 aliphatic heterocycles. The number of benzene rings is 1. The topological polar surface area (TPSA) is 62.7 Å². The predicted molar refractivity (Wildman–Crippen MR) is 118 cm³/mol. The Hall–Kier alpha value is -2.40. The van der Waals surface area contributed by atoms with Crippen LogP contribution >= 0.6 is 0 Å². The lowest BCUT2D eigenvalue weighted by molar-refractivity contribution is -0.132. The average Bonchev–Trinajstić information content (AvgIpc) is 3.06. The SMILES string of the molecule is CC(C)(C)c1ccc(N2CC[C@]3(CC[C@@](O)(COc4ccccn4)CC3)C2=O)cc1. The molecule has 1 amide bonds. The number of carbonyl (C=O) groups excluding carboxylic acids is 1. The summed E-state index contributed by atoms with van der Waals surface area (Å²) in [6.45, 7) is 7.54. The molecule has 1 saturated carbocycles. The minimum atomic E-state index is -0.898. The van der Waals surface area contributed by atoms with E-state index in [9.17, 15) is 9.90 Å². The molecule has 30 heavy (non-hydrogen) atoms. The summed E-state index contributed by atoms with van der Waals surface area (Å²) in [7, 11) is 0. The maximum atomic E-state index is 13.4. The van der Waals surface area contributed by atoms with Gasteiger partial charge in [-0.05, 0) is 61.3 Å². The molecule has 2 heterocycles. The molecule has 2 fully saturated rings. The van der Waals surface area contributed by atoms with E-state index in [-0.39, 0.29) is 23.3 Å². The van der Waals surface area contributed by atoms with Crippen LogP contribution in [0.5, 0.6) is 5.88 Å². The summed E-state index contributed by atoms with van der Waals surface area (Å²) in [4.78, 5) is 19.4. The standard InChI is InChI=1S/C25H32N2O3/c1-23(2,3)19-7-9-20(10-8-19)27-17-15-24(22(27)28)11-13-25(29,14-12-24)18-30-21-6-4-5-16-26-21/h4-10,16,29H,11-15,17-18H2,1-3H3/t24-,25+. The van der Waals surface area contributed by atoms with E-state index < -0.39 is 5.60 Å². The summed E-state index contributed by atoms with van der Waals surface area (Å²) in [5.74, 6) is 0.728. The van der Waals surface area contributed by atoms with Gasteiger partial charge in [0.25, 0.3) is 0 Å². The smallest absolute Gasteiger partial charge is 0.233 e. The highest BCUT2D eigenvalue weighted by molar-refractivity contribution is 6.00. The van der Waals surface area contributed by atoms with E-state index in [1.165, 1.54) is 5.56 Å². The van der Waals surface area contributed by atoms with Crippen molar-refractivity contribution in [2.75, 3.05) is 18.1 Å². The molecule has 1 N–H and O–H groups in total. The molecule has 1 saturated heterocycles. The van der Waals surface area contributed by atoms with E-state index in [1.807, 2.05) is 17.0 Å². The van der Waals surface area contributed by atoms with Gasteiger partial charge in [0.05, 0.1) is 11.0 Å². The van der Waals surface area contributed by atoms with Crippen molar-refractivity contribution in [2.24, 2.45) is 5.41 Å². The number of pyridine rings is 1. The van der Waals surface area contributed by atoms with Crippen LogP contribution in [0, 0.1) is 5.41 Å². The van der Waals surface area contributed by atoms with Gasteiger partial charge in [0.2, 0.25) is 11.8 Å². The van der Waals surface area contributed by atoms with E-state index in [4.69, 9.17) is 4.74 Å². The van der Waals surface area contributed by atoms with Crippen molar-refractivity contribution in [3.8, 4) is 5.88 Å². The molecule has 0 bridgehead atoms. The van der Waals surface area contributed by atoms with Gasteiger partial charge in [-0.2, -0.15) is 0 Å². The summed E-state index contributed by atoms with van der Waals surface area (Å²) in [6, 6.07) is 13.9. The predicted octanol–water partition coefficient (Wildman–Crippen LogP) is 4.49. The van der Waals surface area contributed by atoms with Crippen LogP contribution in [0.3, 0.4) is 0 Å². The molecule has 1 aromatic heterocycles. The number of carbonyl (C=O) groups is 1. The molecule has 2 aromatic rings. The second kappa shape index (κ2) is 7.69. The van der Waals surface area contributed by atoms with Crippen LogP contribution in [0.25, 0.3) is 0 Å². The monoisotopic (exact) mass is 408 g/mol. The Morgan fingerprint density at radius 2 is 1.73 bits per heavy atom. The molecular weight excluding hydrogens is 376 g/mol. The number of nitrogens with zero attached hydrogens (tertiary/aromatic N) is 2. The van der Waals surface area contributed by atoms with Crippen molar-refractivity contribution in [1.82, 2.24) is 4.98 Å². The number of aromatic nitrogens is 1. The lowest BCUT2D eigenvalue weighted by Gasteiger charge is -2.40. The molecule has 1 spiro atoms. The first-order valence-corrected chi connectivity index (χ1v) is 10.9. The number of hydrogen-bond donors (Lipinski definition) is 1. The van der Waals surface area contributed by atoms with Gasteiger partial charge in [-0.15, -0.1) is 0 Å². The third-order valence-corrected chi connectivity index (χ3v) is 6.82. The number of aliphatic hydroxyl groups is 1. The second-order valence-corrected chi connectivity index (χ2v) is 9.96. The summed E-state index contributed by atoms with van der Waals surface area (Å²) in [5.41, 5.74) is 1.09. The molecular formula is C25H32N2O3. The third kappa shape index (κ3) is 4.08. The zero-order valence-corrected chi connectivity index (χ0v) is 18.2. The third-order valence-electron chi connectivity index (χ3n) is 6.82. The van der Waals surface area contributed by atoms with Crippen LogP contribution in [-0.4, -0.2) is 34.8 Å². The number of hydrogen-bond acceptors (Lipinski definition) is 4. The molecule has 5 nitrogen and oxygen atoms in total. The fourth-order valence-electron chi connectivity index (χ4n) is 4.65. The summed E-state index contributed by atoms with van der Waals surface area (Å²) in [6.07, 6.45) is 5.07. The molecule has 1 aromatic carbocycles. The number of anilines is 1. The zero-order chi connectivity index (χ0) is 21.4. The zero-order valence-electron chi connectivity index (χ0n) is 18.2. The van der Waals surface area contributed by atoms with Crippen molar-refractivity contribution in [2.45, 2.75) is 63.9 Å². The quantitative estimate of drug-likeness (QED) is 0.810. The van der Waals surface area contributed by atoms with E-state index in [1.54, 1.807) is 12.3 Å². The minimum Gasteiger partial charge on any atom is -0.475 e. The van der Waals surface area contributed by atoms with E-state index in [2.05, 4.69) is 50.0 Å². The minimum absolute atomic E-state index is 0.0972. The lowest BCUT2D eigenvalue weighted by Crippen LogP contribution is -2.46. The molecule has 4 rings (SSSR count). The van der Waals surface area contributed by atoms with Gasteiger partial charge >= 0.3 is 0 Å². The van der Waals surface area contributed by atoms with Gasteiger partial charge in [0, 0.05) is 24.5 Å². The van der Waals surface area contributed by atoms with Crippen LogP contribution in [0.1, 0.15) is 58.4 Å². The maximum Gasteiger partial charge on any atom is 0.233 e. The van der Waals surface area contributed by atoms with Gasteiger partial charge in [0.1, 0.15) is 6.61 Å². The molecule has 0 unspecified atom stereocenters. The Morgan fingerprint density at radius 1 is 1.03 bits per heavy atom. The van der Waals surface area contributed by atoms with Crippen LogP contribution in [0.2, 0.25) is 0 Å². The molecule has 2 aliphatic rings. The van der Waals surface area contributed by atoms with Crippen molar-refractivity contribution < 1.29 is 14.6 Å². The molecule has 5 heteroatoms. The highest BCUT2D eigenvalue weighted by Gasteiger charge is 2.51. The van der Waals surface area contributed by atoms with Crippen LogP contribution in [-0.2, 0) is 10.2 Å². The number of ether oxygens (including phenoxy) is 1. The largest absolute Gasteiger partial charge is 0.475 e. The van der Waals surface area contributed by atoms with Crippen LogP contribution in [0.4, 0.5) is 5.69 Å².